The Morgan fingerprint density at radius 3 is 2.92 bits per heavy atom. The fourth-order valence-electron chi connectivity index (χ4n) is 3.45. The van der Waals surface area contributed by atoms with Crippen LogP contribution in [0, 0.1) is 5.82 Å². The predicted molar refractivity (Wildman–Crippen MR) is 89.6 cm³/mol. The topological polar surface area (TPSA) is 58.1 Å². The van der Waals surface area contributed by atoms with Crippen molar-refractivity contribution in [2.24, 2.45) is 0 Å². The number of rotatable bonds is 2. The van der Waals surface area contributed by atoms with E-state index in [1.54, 1.807) is 4.90 Å². The molecule has 2 aromatic carbocycles. The van der Waals surface area contributed by atoms with Gasteiger partial charge in [0.2, 0.25) is 5.91 Å². The number of hydrogen-bond acceptors (Lipinski definition) is 2. The van der Waals surface area contributed by atoms with Crippen LogP contribution >= 0.6 is 0 Å². The summed E-state index contributed by atoms with van der Waals surface area (Å²) in [5.41, 5.74) is 2.53. The number of benzene rings is 2. The molecule has 5 nitrogen and oxygen atoms in total. The molecule has 24 heavy (non-hydrogen) atoms. The fourth-order valence-corrected chi connectivity index (χ4v) is 3.45. The van der Waals surface area contributed by atoms with Crippen LogP contribution in [0.3, 0.4) is 0 Å². The fraction of sp³-hybridized carbons (Fsp3) is 0.222. The van der Waals surface area contributed by atoms with E-state index in [4.69, 9.17) is 0 Å². The number of carbonyl (C=O) groups excluding carboxylic acids is 1. The second kappa shape index (κ2) is 5.33. The zero-order chi connectivity index (χ0) is 16.8. The standard InChI is InChI=1S/C18H16FN3O2/c1-11-8-12-4-2-3-5-15(12)22(11)17(23)10-21-16-7-6-13(19)9-14(16)20-18(21)24/h2-7,9,11H,8,10H2,1H3,(H,20,24). The lowest BCUT2D eigenvalue weighted by Gasteiger charge is -2.22. The molecule has 1 unspecified atom stereocenters. The van der Waals surface area contributed by atoms with Crippen molar-refractivity contribution in [1.82, 2.24) is 9.55 Å². The minimum Gasteiger partial charge on any atom is -0.307 e. The van der Waals surface area contributed by atoms with Crippen LogP contribution in [0.25, 0.3) is 11.0 Å². The number of halogens is 1. The summed E-state index contributed by atoms with van der Waals surface area (Å²) in [5.74, 6) is -0.580. The maximum Gasteiger partial charge on any atom is 0.326 e. The third-order valence-corrected chi connectivity index (χ3v) is 4.51. The number of imidazole rings is 1. The molecule has 4 rings (SSSR count). The van der Waals surface area contributed by atoms with Crippen LogP contribution in [-0.2, 0) is 17.8 Å². The first-order valence-electron chi connectivity index (χ1n) is 7.82. The van der Waals surface area contributed by atoms with E-state index in [9.17, 15) is 14.0 Å². The van der Waals surface area contributed by atoms with Gasteiger partial charge < -0.3 is 9.88 Å². The average molecular weight is 325 g/mol. The van der Waals surface area contributed by atoms with Crippen LogP contribution in [0.15, 0.2) is 47.3 Å². The predicted octanol–water partition coefficient (Wildman–Crippen LogP) is 2.45. The minimum absolute atomic E-state index is 0.0493. The summed E-state index contributed by atoms with van der Waals surface area (Å²) in [6, 6.07) is 11.9. The van der Waals surface area contributed by atoms with Crippen LogP contribution in [0.2, 0.25) is 0 Å². The summed E-state index contributed by atoms with van der Waals surface area (Å²) in [4.78, 5) is 29.3. The molecule has 0 bridgehead atoms. The number of anilines is 1. The van der Waals surface area contributed by atoms with E-state index in [1.165, 1.54) is 22.8 Å². The van der Waals surface area contributed by atoms with Gasteiger partial charge in [0.25, 0.3) is 0 Å². The van der Waals surface area contributed by atoms with Gasteiger partial charge in [0.05, 0.1) is 11.0 Å². The van der Waals surface area contributed by atoms with Gasteiger partial charge in [-0.1, -0.05) is 18.2 Å². The first-order valence-corrected chi connectivity index (χ1v) is 7.82. The van der Waals surface area contributed by atoms with Gasteiger partial charge in [-0.25, -0.2) is 9.18 Å². The summed E-state index contributed by atoms with van der Waals surface area (Å²) < 4.78 is 14.6. The van der Waals surface area contributed by atoms with E-state index in [0.717, 1.165) is 17.7 Å². The number of para-hydroxylation sites is 1. The van der Waals surface area contributed by atoms with Gasteiger partial charge in [-0.2, -0.15) is 0 Å². The van der Waals surface area contributed by atoms with E-state index in [0.29, 0.717) is 11.0 Å². The lowest BCUT2D eigenvalue weighted by atomic mass is 10.1. The first-order chi connectivity index (χ1) is 11.5. The average Bonchev–Trinajstić information content (AvgIpc) is 3.03. The molecule has 1 aliphatic rings. The van der Waals surface area contributed by atoms with E-state index >= 15 is 0 Å². The number of nitrogens with zero attached hydrogens (tertiary/aromatic N) is 2. The number of aromatic amines is 1. The Hall–Kier alpha value is -2.89. The highest BCUT2D eigenvalue weighted by atomic mass is 19.1. The van der Waals surface area contributed by atoms with Crippen molar-refractivity contribution in [3.05, 3.63) is 64.3 Å². The number of nitrogens with one attached hydrogen (secondary N) is 1. The van der Waals surface area contributed by atoms with Gasteiger partial charge in [0, 0.05) is 11.7 Å². The van der Waals surface area contributed by atoms with Crippen LogP contribution in [-0.4, -0.2) is 21.5 Å². The Balaban J connectivity index is 1.70. The van der Waals surface area contributed by atoms with Gasteiger partial charge in [0.15, 0.2) is 0 Å². The SMILES string of the molecule is CC1Cc2ccccc2N1C(=O)Cn1c(=O)[nH]c2cc(F)ccc21. The maximum absolute atomic E-state index is 13.3. The van der Waals surface area contributed by atoms with Gasteiger partial charge in [-0.15, -0.1) is 0 Å². The molecule has 1 aliphatic heterocycles. The molecule has 1 amide bonds. The van der Waals surface area contributed by atoms with Crippen molar-refractivity contribution in [2.75, 3.05) is 4.90 Å². The van der Waals surface area contributed by atoms with Crippen LogP contribution in [0.1, 0.15) is 12.5 Å². The smallest absolute Gasteiger partial charge is 0.307 e. The molecular formula is C18H16FN3O2. The van der Waals surface area contributed by atoms with Gasteiger partial charge in [-0.3, -0.25) is 9.36 Å². The highest BCUT2D eigenvalue weighted by Gasteiger charge is 2.30. The molecule has 0 radical (unpaired) electrons. The van der Waals surface area contributed by atoms with Crippen molar-refractivity contribution < 1.29 is 9.18 Å². The lowest BCUT2D eigenvalue weighted by molar-refractivity contribution is -0.119. The molecule has 3 aromatic rings. The van der Waals surface area contributed by atoms with Gasteiger partial charge >= 0.3 is 5.69 Å². The maximum atomic E-state index is 13.3. The summed E-state index contributed by atoms with van der Waals surface area (Å²) in [5, 5.41) is 0. The van der Waals surface area contributed by atoms with Crippen molar-refractivity contribution in [1.29, 1.82) is 0 Å². The number of carbonyl (C=O) groups is 1. The molecule has 0 spiro atoms. The normalized spacial score (nSPS) is 16.6. The Kier molecular flexibility index (Phi) is 3.26. The Morgan fingerprint density at radius 2 is 2.08 bits per heavy atom. The highest BCUT2D eigenvalue weighted by Crippen LogP contribution is 2.32. The molecule has 2 heterocycles. The Morgan fingerprint density at radius 1 is 1.29 bits per heavy atom. The molecule has 0 fully saturated rings. The molecule has 6 heteroatoms. The minimum atomic E-state index is -0.427. The molecule has 1 N–H and O–H groups in total. The molecule has 122 valence electrons. The number of fused-ring (bicyclic) bond motifs is 2. The van der Waals surface area contributed by atoms with Crippen LogP contribution < -0.4 is 10.6 Å². The van der Waals surface area contributed by atoms with Crippen LogP contribution in [0.4, 0.5) is 10.1 Å². The zero-order valence-corrected chi connectivity index (χ0v) is 13.1. The lowest BCUT2D eigenvalue weighted by Crippen LogP contribution is -2.39. The third-order valence-electron chi connectivity index (χ3n) is 4.51. The quantitative estimate of drug-likeness (QED) is 0.787. The number of aromatic nitrogens is 2. The van der Waals surface area contributed by atoms with Crippen molar-refractivity contribution in [3.8, 4) is 0 Å². The van der Waals surface area contributed by atoms with E-state index in [2.05, 4.69) is 4.98 Å². The van der Waals surface area contributed by atoms with E-state index in [-0.39, 0.29) is 18.5 Å². The second-order valence-corrected chi connectivity index (χ2v) is 6.12. The van der Waals surface area contributed by atoms with E-state index < -0.39 is 11.5 Å². The van der Waals surface area contributed by atoms with Gasteiger partial charge in [-0.05, 0) is 43.2 Å². The molecule has 1 atom stereocenters. The second-order valence-electron chi connectivity index (χ2n) is 6.12. The molecule has 0 saturated carbocycles. The first kappa shape index (κ1) is 14.7. The summed E-state index contributed by atoms with van der Waals surface area (Å²) in [6.45, 7) is 1.91. The van der Waals surface area contributed by atoms with Crippen molar-refractivity contribution in [2.45, 2.75) is 25.9 Å². The monoisotopic (exact) mass is 325 g/mol. The molecule has 0 saturated heterocycles. The van der Waals surface area contributed by atoms with Crippen molar-refractivity contribution >= 4 is 22.6 Å². The van der Waals surface area contributed by atoms with Crippen molar-refractivity contribution in [3.63, 3.8) is 0 Å². The summed E-state index contributed by atoms with van der Waals surface area (Å²) in [6.07, 6.45) is 0.801. The number of H-pyrrole nitrogens is 1. The molecule has 1 aromatic heterocycles. The van der Waals surface area contributed by atoms with Crippen LogP contribution in [0.5, 0.6) is 0 Å². The Labute approximate surface area is 137 Å². The van der Waals surface area contributed by atoms with Gasteiger partial charge in [0.1, 0.15) is 12.4 Å². The molecule has 0 aliphatic carbocycles. The largest absolute Gasteiger partial charge is 0.326 e. The zero-order valence-electron chi connectivity index (χ0n) is 13.1. The Bertz CT molecular complexity index is 1000. The summed E-state index contributed by atoms with van der Waals surface area (Å²) in [7, 11) is 0. The highest BCUT2D eigenvalue weighted by molar-refractivity contribution is 5.96. The number of hydrogen-bond donors (Lipinski definition) is 1. The summed E-state index contributed by atoms with van der Waals surface area (Å²) >= 11 is 0. The number of amides is 1. The van der Waals surface area contributed by atoms with E-state index in [1.807, 2.05) is 31.2 Å². The third kappa shape index (κ3) is 2.22. The molecular weight excluding hydrogens is 309 g/mol.